The fraction of sp³-hybridized carbons (Fsp3) is 0.381. The number of fused-ring (bicyclic) bond motifs is 1. The Bertz CT molecular complexity index is 754. The van der Waals surface area contributed by atoms with E-state index in [0.29, 0.717) is 24.6 Å². The number of rotatable bonds is 9. The van der Waals surface area contributed by atoms with Crippen molar-refractivity contribution in [2.24, 2.45) is 0 Å². The molecule has 1 aliphatic rings. The third-order valence-corrected chi connectivity index (χ3v) is 4.38. The molecule has 1 amide bonds. The number of carbonyl (C=O) groups is 1. The molecule has 6 heteroatoms. The summed E-state index contributed by atoms with van der Waals surface area (Å²) in [5.74, 6) is 2.01. The molecule has 0 saturated heterocycles. The van der Waals surface area contributed by atoms with Crippen molar-refractivity contribution in [1.29, 1.82) is 0 Å². The second kappa shape index (κ2) is 9.28. The van der Waals surface area contributed by atoms with Gasteiger partial charge in [-0.2, -0.15) is 0 Å². The standard InChI is InChI=1S/C21H26N2O4/c1-3-23-21(24)14-26-19-9-8-15(10-20(19)25-2)12-22-13-17-11-16-6-4-5-7-18(16)27-17/h4-10,17,22H,3,11-14H2,1-2H3,(H,23,24). The van der Waals surface area contributed by atoms with Crippen LogP contribution in [0.25, 0.3) is 0 Å². The van der Waals surface area contributed by atoms with Crippen LogP contribution in [0.3, 0.4) is 0 Å². The van der Waals surface area contributed by atoms with E-state index in [1.165, 1.54) is 5.56 Å². The first-order chi connectivity index (χ1) is 13.2. The molecule has 2 aromatic carbocycles. The molecule has 0 aliphatic carbocycles. The van der Waals surface area contributed by atoms with Crippen molar-refractivity contribution >= 4 is 5.91 Å². The fourth-order valence-electron chi connectivity index (χ4n) is 3.08. The normalized spacial score (nSPS) is 15.0. The zero-order chi connectivity index (χ0) is 19.1. The number of ether oxygens (including phenoxy) is 3. The largest absolute Gasteiger partial charge is 0.493 e. The van der Waals surface area contributed by atoms with Crippen LogP contribution < -0.4 is 24.8 Å². The van der Waals surface area contributed by atoms with Gasteiger partial charge in [0.05, 0.1) is 7.11 Å². The van der Waals surface area contributed by atoms with Crippen LogP contribution in [0.4, 0.5) is 0 Å². The van der Waals surface area contributed by atoms with E-state index in [1.54, 1.807) is 7.11 Å². The molecule has 144 valence electrons. The molecule has 0 fully saturated rings. The van der Waals surface area contributed by atoms with Crippen molar-refractivity contribution in [2.75, 3.05) is 26.8 Å². The number of likely N-dealkylation sites (N-methyl/N-ethyl adjacent to an activating group) is 1. The van der Waals surface area contributed by atoms with Crippen LogP contribution in [0.2, 0.25) is 0 Å². The van der Waals surface area contributed by atoms with E-state index in [2.05, 4.69) is 16.7 Å². The second-order valence-electron chi connectivity index (χ2n) is 6.41. The van der Waals surface area contributed by atoms with E-state index in [1.807, 2.05) is 43.3 Å². The summed E-state index contributed by atoms with van der Waals surface area (Å²) in [7, 11) is 1.59. The first kappa shape index (κ1) is 19.0. The Morgan fingerprint density at radius 1 is 1.22 bits per heavy atom. The Morgan fingerprint density at radius 2 is 2.07 bits per heavy atom. The summed E-state index contributed by atoms with van der Waals surface area (Å²) in [6.07, 6.45) is 1.09. The summed E-state index contributed by atoms with van der Waals surface area (Å²) in [6, 6.07) is 13.9. The highest BCUT2D eigenvalue weighted by Crippen LogP contribution is 2.29. The van der Waals surface area contributed by atoms with Gasteiger partial charge in [-0.15, -0.1) is 0 Å². The topological polar surface area (TPSA) is 68.8 Å². The average molecular weight is 370 g/mol. The fourth-order valence-corrected chi connectivity index (χ4v) is 3.08. The quantitative estimate of drug-likeness (QED) is 0.709. The predicted octanol–water partition coefficient (Wildman–Crippen LogP) is 2.30. The predicted molar refractivity (Wildman–Crippen MR) is 103 cm³/mol. The first-order valence-corrected chi connectivity index (χ1v) is 9.21. The lowest BCUT2D eigenvalue weighted by molar-refractivity contribution is -0.123. The van der Waals surface area contributed by atoms with Gasteiger partial charge in [-0.05, 0) is 36.2 Å². The summed E-state index contributed by atoms with van der Waals surface area (Å²) in [6.45, 7) is 3.90. The van der Waals surface area contributed by atoms with Crippen LogP contribution in [-0.2, 0) is 17.8 Å². The molecule has 3 rings (SSSR count). The van der Waals surface area contributed by atoms with Crippen LogP contribution in [0.15, 0.2) is 42.5 Å². The SMILES string of the molecule is CCNC(=O)COc1ccc(CNCC2Cc3ccccc3O2)cc1OC. The van der Waals surface area contributed by atoms with Crippen molar-refractivity contribution in [2.45, 2.75) is 26.0 Å². The Kier molecular flexibility index (Phi) is 6.54. The molecule has 6 nitrogen and oxygen atoms in total. The zero-order valence-corrected chi connectivity index (χ0v) is 15.8. The van der Waals surface area contributed by atoms with Gasteiger partial charge in [-0.3, -0.25) is 4.79 Å². The van der Waals surface area contributed by atoms with E-state index in [0.717, 1.165) is 24.3 Å². The molecule has 27 heavy (non-hydrogen) atoms. The highest BCUT2D eigenvalue weighted by Gasteiger charge is 2.21. The number of nitrogens with one attached hydrogen (secondary N) is 2. The van der Waals surface area contributed by atoms with Gasteiger partial charge in [-0.1, -0.05) is 24.3 Å². The van der Waals surface area contributed by atoms with Crippen LogP contribution in [0, 0.1) is 0 Å². The third kappa shape index (κ3) is 5.14. The molecule has 0 bridgehead atoms. The van der Waals surface area contributed by atoms with Gasteiger partial charge in [0.1, 0.15) is 11.9 Å². The molecule has 2 aromatic rings. The summed E-state index contributed by atoms with van der Waals surface area (Å²) in [5, 5.41) is 6.13. The van der Waals surface area contributed by atoms with Crippen LogP contribution in [0.5, 0.6) is 17.2 Å². The Balaban J connectivity index is 1.48. The summed E-state index contributed by atoms with van der Waals surface area (Å²) < 4.78 is 16.9. The molecular formula is C21H26N2O4. The molecule has 1 atom stereocenters. The molecular weight excluding hydrogens is 344 g/mol. The number of hydrogen-bond acceptors (Lipinski definition) is 5. The first-order valence-electron chi connectivity index (χ1n) is 9.21. The molecule has 1 heterocycles. The zero-order valence-electron chi connectivity index (χ0n) is 15.8. The number of para-hydroxylation sites is 1. The Hall–Kier alpha value is -2.73. The summed E-state index contributed by atoms with van der Waals surface area (Å²) in [5.41, 5.74) is 2.34. The van der Waals surface area contributed by atoms with E-state index in [4.69, 9.17) is 14.2 Å². The number of benzene rings is 2. The van der Waals surface area contributed by atoms with Gasteiger partial charge < -0.3 is 24.8 Å². The van der Waals surface area contributed by atoms with Crippen LogP contribution in [0.1, 0.15) is 18.1 Å². The number of amides is 1. The van der Waals surface area contributed by atoms with Crippen molar-refractivity contribution in [3.05, 3.63) is 53.6 Å². The maximum atomic E-state index is 11.5. The lowest BCUT2D eigenvalue weighted by Crippen LogP contribution is -2.29. The van der Waals surface area contributed by atoms with E-state index < -0.39 is 0 Å². The third-order valence-electron chi connectivity index (χ3n) is 4.38. The molecule has 0 saturated carbocycles. The minimum absolute atomic E-state index is 0.0264. The maximum Gasteiger partial charge on any atom is 0.257 e. The number of carbonyl (C=O) groups excluding carboxylic acids is 1. The summed E-state index contributed by atoms with van der Waals surface area (Å²) >= 11 is 0. The van der Waals surface area contributed by atoms with E-state index >= 15 is 0 Å². The molecule has 0 aromatic heterocycles. The smallest absolute Gasteiger partial charge is 0.257 e. The van der Waals surface area contributed by atoms with Gasteiger partial charge in [0.15, 0.2) is 18.1 Å². The van der Waals surface area contributed by atoms with Gasteiger partial charge in [-0.25, -0.2) is 0 Å². The average Bonchev–Trinajstić information content (AvgIpc) is 3.09. The van der Waals surface area contributed by atoms with Crippen molar-refractivity contribution in [3.8, 4) is 17.2 Å². The van der Waals surface area contributed by atoms with Gasteiger partial charge in [0.25, 0.3) is 5.91 Å². The van der Waals surface area contributed by atoms with Crippen LogP contribution >= 0.6 is 0 Å². The van der Waals surface area contributed by atoms with Crippen molar-refractivity contribution in [3.63, 3.8) is 0 Å². The highest BCUT2D eigenvalue weighted by molar-refractivity contribution is 5.77. The molecule has 2 N–H and O–H groups in total. The minimum Gasteiger partial charge on any atom is -0.493 e. The molecule has 1 unspecified atom stereocenters. The van der Waals surface area contributed by atoms with Gasteiger partial charge >= 0.3 is 0 Å². The lowest BCUT2D eigenvalue weighted by Gasteiger charge is -2.14. The Labute approximate surface area is 159 Å². The Morgan fingerprint density at radius 3 is 2.85 bits per heavy atom. The highest BCUT2D eigenvalue weighted by atomic mass is 16.5. The maximum absolute atomic E-state index is 11.5. The molecule has 0 spiro atoms. The van der Waals surface area contributed by atoms with Crippen LogP contribution in [-0.4, -0.2) is 38.8 Å². The lowest BCUT2D eigenvalue weighted by atomic mass is 10.1. The second-order valence-corrected chi connectivity index (χ2v) is 6.41. The molecule has 1 aliphatic heterocycles. The monoisotopic (exact) mass is 370 g/mol. The minimum atomic E-state index is -0.150. The van der Waals surface area contributed by atoms with Crippen molar-refractivity contribution < 1.29 is 19.0 Å². The van der Waals surface area contributed by atoms with Gasteiger partial charge in [0, 0.05) is 26.1 Å². The van der Waals surface area contributed by atoms with Gasteiger partial charge in [0.2, 0.25) is 0 Å². The molecule has 0 radical (unpaired) electrons. The van der Waals surface area contributed by atoms with E-state index in [9.17, 15) is 4.79 Å². The number of methoxy groups -OCH3 is 1. The van der Waals surface area contributed by atoms with Crippen molar-refractivity contribution in [1.82, 2.24) is 10.6 Å². The number of hydrogen-bond donors (Lipinski definition) is 2. The van der Waals surface area contributed by atoms with E-state index in [-0.39, 0.29) is 18.6 Å². The summed E-state index contributed by atoms with van der Waals surface area (Å²) in [4.78, 5) is 11.5.